The Hall–Kier alpha value is -3.29. The first kappa shape index (κ1) is 21.0. The fourth-order valence-electron chi connectivity index (χ4n) is 3.24. The Labute approximate surface area is 162 Å². The molecule has 0 unspecified atom stereocenters. The molecule has 1 heterocycles. The number of Topliss-reactive ketones (excluding diaryl/α,β-unsaturated/α-hetero) is 2. The Morgan fingerprint density at radius 3 is 2.14 bits per heavy atom. The molecule has 1 aliphatic rings. The van der Waals surface area contributed by atoms with Gasteiger partial charge in [-0.05, 0) is 51.0 Å². The average molecular weight is 386 g/mol. The van der Waals surface area contributed by atoms with Crippen molar-refractivity contribution < 1.29 is 29.1 Å². The summed E-state index contributed by atoms with van der Waals surface area (Å²) in [4.78, 5) is 61.3. The predicted molar refractivity (Wildman–Crippen MR) is 101 cm³/mol. The number of nitrogens with one attached hydrogen (secondary N) is 1. The molecule has 2 N–H and O–H groups in total. The number of carboxylic acid groups (broad SMARTS) is 1. The van der Waals surface area contributed by atoms with Gasteiger partial charge in [0.25, 0.3) is 5.91 Å². The van der Waals surface area contributed by atoms with Crippen LogP contribution >= 0.6 is 0 Å². The highest BCUT2D eigenvalue weighted by Crippen LogP contribution is 2.23. The van der Waals surface area contributed by atoms with Gasteiger partial charge in [0.05, 0.1) is 5.57 Å². The summed E-state index contributed by atoms with van der Waals surface area (Å²) in [6.07, 6.45) is 0.881. The number of anilines is 1. The van der Waals surface area contributed by atoms with E-state index in [9.17, 15) is 29.1 Å². The standard InChI is InChI=1S/C20H22N2O6/c1-11(19(26)22-10-4-5-16(22)20(27)28)17(12(2)23)18(25)14-6-8-15(9-7-14)21-13(3)24/h6-9,16H,4-5,10H2,1-3H3,(H,21,24)(H,27,28)/b17-11+/t16-/m0/s1. The largest absolute Gasteiger partial charge is 0.480 e. The number of carbonyl (C=O) groups is 5. The van der Waals surface area contributed by atoms with Crippen molar-refractivity contribution >= 4 is 35.0 Å². The highest BCUT2D eigenvalue weighted by Gasteiger charge is 2.36. The predicted octanol–water partition coefficient (Wildman–Crippen LogP) is 1.81. The molecule has 1 aromatic rings. The third kappa shape index (κ3) is 4.51. The van der Waals surface area contributed by atoms with Crippen molar-refractivity contribution in [3.63, 3.8) is 0 Å². The summed E-state index contributed by atoms with van der Waals surface area (Å²) in [7, 11) is 0. The summed E-state index contributed by atoms with van der Waals surface area (Å²) in [5.41, 5.74) is 0.333. The summed E-state index contributed by atoms with van der Waals surface area (Å²) >= 11 is 0. The van der Waals surface area contributed by atoms with Gasteiger partial charge >= 0.3 is 5.97 Å². The fourth-order valence-corrected chi connectivity index (χ4v) is 3.24. The highest BCUT2D eigenvalue weighted by molar-refractivity contribution is 6.29. The quantitative estimate of drug-likeness (QED) is 0.333. The van der Waals surface area contributed by atoms with Crippen LogP contribution in [0.4, 0.5) is 5.69 Å². The zero-order valence-electron chi connectivity index (χ0n) is 15.9. The zero-order chi connectivity index (χ0) is 21.0. The van der Waals surface area contributed by atoms with Crippen molar-refractivity contribution in [2.75, 3.05) is 11.9 Å². The van der Waals surface area contributed by atoms with Crippen LogP contribution in [0.5, 0.6) is 0 Å². The Morgan fingerprint density at radius 1 is 1.04 bits per heavy atom. The van der Waals surface area contributed by atoms with Crippen LogP contribution in [0.2, 0.25) is 0 Å². The molecule has 8 heteroatoms. The van der Waals surface area contributed by atoms with E-state index >= 15 is 0 Å². The topological polar surface area (TPSA) is 121 Å². The molecule has 2 amide bonds. The molecule has 0 aliphatic carbocycles. The number of allylic oxidation sites excluding steroid dienone is 1. The summed E-state index contributed by atoms with van der Waals surface area (Å²) in [6.45, 7) is 4.17. The van der Waals surface area contributed by atoms with Crippen LogP contribution in [0.25, 0.3) is 0 Å². The van der Waals surface area contributed by atoms with E-state index in [1.807, 2.05) is 0 Å². The van der Waals surface area contributed by atoms with E-state index in [2.05, 4.69) is 5.32 Å². The van der Waals surface area contributed by atoms with Crippen molar-refractivity contribution in [3.05, 3.63) is 41.0 Å². The Bertz CT molecular complexity index is 869. The van der Waals surface area contributed by atoms with Gasteiger partial charge < -0.3 is 15.3 Å². The number of nitrogens with zero attached hydrogens (tertiary/aromatic N) is 1. The summed E-state index contributed by atoms with van der Waals surface area (Å²) in [5.74, 6) is -3.20. The monoisotopic (exact) mass is 386 g/mol. The van der Waals surface area contributed by atoms with E-state index in [-0.39, 0.29) is 29.2 Å². The van der Waals surface area contributed by atoms with Crippen LogP contribution in [-0.4, -0.2) is 51.9 Å². The molecule has 1 aromatic carbocycles. The first-order chi connectivity index (χ1) is 13.1. The van der Waals surface area contributed by atoms with E-state index < -0.39 is 29.5 Å². The molecule has 8 nitrogen and oxygen atoms in total. The fraction of sp³-hybridized carbons (Fsp3) is 0.350. The van der Waals surface area contributed by atoms with Crippen LogP contribution in [0.3, 0.4) is 0 Å². The minimum atomic E-state index is -1.11. The molecule has 0 aromatic heterocycles. The second kappa shape index (κ2) is 8.60. The Balaban J connectivity index is 2.35. The Kier molecular flexibility index (Phi) is 6.45. The van der Waals surface area contributed by atoms with Crippen LogP contribution in [0.15, 0.2) is 35.4 Å². The molecule has 0 saturated carbocycles. The number of likely N-dealkylation sites (tertiary alicyclic amines) is 1. The minimum absolute atomic E-state index is 0.0726. The maximum Gasteiger partial charge on any atom is 0.326 e. The molecule has 1 aliphatic heterocycles. The summed E-state index contributed by atoms with van der Waals surface area (Å²) in [6, 6.07) is 4.98. The lowest BCUT2D eigenvalue weighted by atomic mass is 9.95. The van der Waals surface area contributed by atoms with Gasteiger partial charge in [-0.25, -0.2) is 4.79 Å². The van der Waals surface area contributed by atoms with Gasteiger partial charge in [0.2, 0.25) is 5.91 Å². The van der Waals surface area contributed by atoms with Gasteiger partial charge in [0.1, 0.15) is 6.04 Å². The van der Waals surface area contributed by atoms with E-state index in [0.29, 0.717) is 18.5 Å². The van der Waals surface area contributed by atoms with Crippen molar-refractivity contribution in [2.24, 2.45) is 0 Å². The van der Waals surface area contributed by atoms with Crippen LogP contribution in [0.1, 0.15) is 44.0 Å². The van der Waals surface area contributed by atoms with Crippen LogP contribution in [-0.2, 0) is 19.2 Å². The molecule has 1 saturated heterocycles. The first-order valence-corrected chi connectivity index (χ1v) is 8.81. The maximum atomic E-state index is 12.8. The van der Waals surface area contributed by atoms with E-state index in [0.717, 1.165) is 0 Å². The lowest BCUT2D eigenvalue weighted by Crippen LogP contribution is -2.41. The molecule has 2 rings (SSSR count). The van der Waals surface area contributed by atoms with Gasteiger partial charge in [0, 0.05) is 30.3 Å². The molecule has 0 radical (unpaired) electrons. The number of hydrogen-bond donors (Lipinski definition) is 2. The maximum absolute atomic E-state index is 12.8. The van der Waals surface area contributed by atoms with Gasteiger partial charge in [-0.2, -0.15) is 0 Å². The minimum Gasteiger partial charge on any atom is -0.480 e. The lowest BCUT2D eigenvalue weighted by Gasteiger charge is -2.22. The molecular weight excluding hydrogens is 364 g/mol. The molecular formula is C20H22N2O6. The van der Waals surface area contributed by atoms with E-state index in [1.165, 1.54) is 49.9 Å². The van der Waals surface area contributed by atoms with Gasteiger partial charge in [-0.3, -0.25) is 19.2 Å². The van der Waals surface area contributed by atoms with Crippen molar-refractivity contribution in [1.82, 2.24) is 4.90 Å². The molecule has 0 bridgehead atoms. The first-order valence-electron chi connectivity index (χ1n) is 8.81. The number of ketones is 2. The SMILES string of the molecule is CC(=O)Nc1ccc(C(=O)/C(C(C)=O)=C(\C)C(=O)N2CCC[C@H]2C(=O)O)cc1. The summed E-state index contributed by atoms with van der Waals surface area (Å²) < 4.78 is 0. The van der Waals surface area contributed by atoms with Crippen LogP contribution < -0.4 is 5.32 Å². The number of hydrogen-bond acceptors (Lipinski definition) is 5. The number of aliphatic carboxylic acids is 1. The number of carbonyl (C=O) groups excluding carboxylic acids is 4. The number of amides is 2. The van der Waals surface area contributed by atoms with Crippen molar-refractivity contribution in [3.8, 4) is 0 Å². The number of carboxylic acids is 1. The van der Waals surface area contributed by atoms with E-state index in [4.69, 9.17) is 0 Å². The molecule has 0 spiro atoms. The smallest absolute Gasteiger partial charge is 0.326 e. The Morgan fingerprint density at radius 2 is 1.64 bits per heavy atom. The van der Waals surface area contributed by atoms with Crippen LogP contribution in [0, 0.1) is 0 Å². The molecule has 148 valence electrons. The molecule has 28 heavy (non-hydrogen) atoms. The molecule has 1 fully saturated rings. The average Bonchev–Trinajstić information content (AvgIpc) is 3.10. The third-order valence-electron chi connectivity index (χ3n) is 4.54. The highest BCUT2D eigenvalue weighted by atomic mass is 16.4. The van der Waals surface area contributed by atoms with Crippen molar-refractivity contribution in [2.45, 2.75) is 39.7 Å². The second-order valence-corrected chi connectivity index (χ2v) is 6.64. The van der Waals surface area contributed by atoms with Crippen molar-refractivity contribution in [1.29, 1.82) is 0 Å². The summed E-state index contributed by atoms with van der Waals surface area (Å²) in [5, 5.41) is 11.8. The van der Waals surface area contributed by atoms with Gasteiger partial charge in [-0.15, -0.1) is 0 Å². The number of benzene rings is 1. The normalized spacial score (nSPS) is 17.0. The second-order valence-electron chi connectivity index (χ2n) is 6.64. The van der Waals surface area contributed by atoms with Gasteiger partial charge in [-0.1, -0.05) is 0 Å². The third-order valence-corrected chi connectivity index (χ3v) is 4.54. The van der Waals surface area contributed by atoms with Gasteiger partial charge in [0.15, 0.2) is 11.6 Å². The lowest BCUT2D eigenvalue weighted by molar-refractivity contribution is -0.146. The zero-order valence-corrected chi connectivity index (χ0v) is 15.9. The number of rotatable bonds is 6. The molecule has 1 atom stereocenters. The van der Waals surface area contributed by atoms with E-state index in [1.54, 1.807) is 0 Å².